The first-order valence-electron chi connectivity index (χ1n) is 10.8. The summed E-state index contributed by atoms with van der Waals surface area (Å²) in [5, 5.41) is 4.15. The molecule has 3 heterocycles. The van der Waals surface area contributed by atoms with Crippen molar-refractivity contribution in [1.82, 2.24) is 21.2 Å². The minimum Gasteiger partial charge on any atom is -0.370 e. The number of rotatable bonds is 3. The van der Waals surface area contributed by atoms with E-state index in [1.165, 1.54) is 18.9 Å². The van der Waals surface area contributed by atoms with Gasteiger partial charge in [0.2, 0.25) is 5.91 Å². The van der Waals surface area contributed by atoms with E-state index in [4.69, 9.17) is 0 Å². The van der Waals surface area contributed by atoms with E-state index in [2.05, 4.69) is 26.1 Å². The van der Waals surface area contributed by atoms with Crippen LogP contribution in [-0.2, 0) is 4.79 Å². The second kappa shape index (κ2) is 7.88. The molecule has 29 heavy (non-hydrogen) atoms. The number of piperidine rings is 1. The number of aromatic nitrogens is 1. The molecule has 1 amide bonds. The highest BCUT2D eigenvalue weighted by atomic mass is 19.1. The lowest BCUT2D eigenvalue weighted by Crippen LogP contribution is -2.55. The molecule has 4 atom stereocenters. The van der Waals surface area contributed by atoms with Crippen molar-refractivity contribution in [2.24, 2.45) is 11.8 Å². The number of hydrazine groups is 1. The number of anilines is 1. The average Bonchev–Trinajstić information content (AvgIpc) is 3.23. The molecule has 4 unspecified atom stereocenters. The molecule has 0 bridgehead atoms. The van der Waals surface area contributed by atoms with Crippen molar-refractivity contribution in [3.63, 3.8) is 0 Å². The third kappa shape index (κ3) is 3.69. The number of carbonyl (C=O) groups excluding carboxylic acids is 1. The molecular formula is C22H28FN5O. The number of nitrogens with zero attached hydrogens (tertiary/aromatic N) is 2. The van der Waals surface area contributed by atoms with Gasteiger partial charge in [0.15, 0.2) is 0 Å². The van der Waals surface area contributed by atoms with Crippen LogP contribution in [-0.4, -0.2) is 42.6 Å². The highest BCUT2D eigenvalue weighted by Gasteiger charge is 2.38. The Morgan fingerprint density at radius 2 is 2.14 bits per heavy atom. The van der Waals surface area contributed by atoms with E-state index < -0.39 is 0 Å². The van der Waals surface area contributed by atoms with E-state index in [-0.39, 0.29) is 23.7 Å². The number of halogens is 1. The summed E-state index contributed by atoms with van der Waals surface area (Å²) in [6.45, 7) is 2.52. The van der Waals surface area contributed by atoms with Crippen LogP contribution in [0.2, 0.25) is 0 Å². The van der Waals surface area contributed by atoms with E-state index in [0.717, 1.165) is 48.9 Å². The zero-order chi connectivity index (χ0) is 19.8. The van der Waals surface area contributed by atoms with E-state index in [0.29, 0.717) is 18.5 Å². The summed E-state index contributed by atoms with van der Waals surface area (Å²) < 4.78 is 13.8. The molecular weight excluding hydrogens is 369 g/mol. The summed E-state index contributed by atoms with van der Waals surface area (Å²) in [4.78, 5) is 19.7. The molecule has 2 aromatic rings. The fraction of sp³-hybridized carbons (Fsp3) is 0.545. The van der Waals surface area contributed by atoms with Gasteiger partial charge in [-0.2, -0.15) is 0 Å². The first-order chi connectivity index (χ1) is 14.2. The summed E-state index contributed by atoms with van der Waals surface area (Å²) in [6.07, 6.45) is 7.03. The summed E-state index contributed by atoms with van der Waals surface area (Å²) >= 11 is 0. The van der Waals surface area contributed by atoms with Crippen LogP contribution < -0.4 is 21.1 Å². The summed E-state index contributed by atoms with van der Waals surface area (Å²) in [5.74, 6) is 0.450. The van der Waals surface area contributed by atoms with Crippen LogP contribution in [0.5, 0.6) is 0 Å². The van der Waals surface area contributed by atoms with Crippen LogP contribution in [0.1, 0.15) is 32.1 Å². The largest absolute Gasteiger partial charge is 0.370 e. The predicted octanol–water partition coefficient (Wildman–Crippen LogP) is 2.35. The van der Waals surface area contributed by atoms with Crippen LogP contribution in [0.15, 0.2) is 30.5 Å². The minimum atomic E-state index is -0.262. The van der Waals surface area contributed by atoms with Gasteiger partial charge in [-0.25, -0.2) is 4.39 Å². The molecule has 1 aromatic carbocycles. The number of hydrogen-bond donors (Lipinski definition) is 3. The lowest BCUT2D eigenvalue weighted by atomic mass is 9.82. The lowest BCUT2D eigenvalue weighted by molar-refractivity contribution is -0.126. The molecule has 2 saturated heterocycles. The van der Waals surface area contributed by atoms with Crippen molar-refractivity contribution in [1.29, 1.82) is 0 Å². The van der Waals surface area contributed by atoms with Crippen LogP contribution in [0, 0.1) is 17.7 Å². The fourth-order valence-corrected chi connectivity index (χ4v) is 5.30. The molecule has 2 aliphatic heterocycles. The number of fused-ring (bicyclic) bond motifs is 2. The number of amides is 1. The maximum Gasteiger partial charge on any atom is 0.225 e. The van der Waals surface area contributed by atoms with E-state index in [1.54, 1.807) is 18.3 Å². The van der Waals surface area contributed by atoms with Crippen LogP contribution in [0.25, 0.3) is 10.9 Å². The molecule has 1 aliphatic carbocycles. The van der Waals surface area contributed by atoms with E-state index in [1.807, 2.05) is 6.07 Å². The van der Waals surface area contributed by atoms with Crippen molar-refractivity contribution < 1.29 is 9.18 Å². The topological polar surface area (TPSA) is 69.3 Å². The molecule has 154 valence electrons. The molecule has 1 saturated carbocycles. The van der Waals surface area contributed by atoms with Gasteiger partial charge in [0.1, 0.15) is 5.82 Å². The van der Waals surface area contributed by atoms with Crippen LogP contribution in [0.3, 0.4) is 0 Å². The van der Waals surface area contributed by atoms with Crippen LogP contribution in [0.4, 0.5) is 10.1 Å². The molecule has 0 radical (unpaired) electrons. The Morgan fingerprint density at radius 3 is 3.07 bits per heavy atom. The van der Waals surface area contributed by atoms with Gasteiger partial charge in [-0.15, -0.1) is 0 Å². The number of hydrogen-bond acceptors (Lipinski definition) is 5. The van der Waals surface area contributed by atoms with Gasteiger partial charge >= 0.3 is 0 Å². The van der Waals surface area contributed by atoms with Gasteiger partial charge in [-0.1, -0.05) is 6.42 Å². The Morgan fingerprint density at radius 1 is 1.21 bits per heavy atom. The van der Waals surface area contributed by atoms with Crippen molar-refractivity contribution in [2.75, 3.05) is 24.5 Å². The second-order valence-electron chi connectivity index (χ2n) is 8.63. The Kier molecular flexibility index (Phi) is 5.09. The molecule has 3 aliphatic rings. The molecule has 5 rings (SSSR count). The summed E-state index contributed by atoms with van der Waals surface area (Å²) in [7, 11) is 0. The Labute approximate surface area is 170 Å². The van der Waals surface area contributed by atoms with E-state index in [9.17, 15) is 9.18 Å². The first-order valence-corrected chi connectivity index (χ1v) is 10.8. The van der Waals surface area contributed by atoms with Gasteiger partial charge in [0.25, 0.3) is 0 Å². The average molecular weight is 397 g/mol. The Hall–Kier alpha value is -2.25. The lowest BCUT2D eigenvalue weighted by Gasteiger charge is -2.37. The monoisotopic (exact) mass is 397 g/mol. The molecule has 1 aromatic heterocycles. The number of benzene rings is 1. The minimum absolute atomic E-state index is 0.0461. The second-order valence-corrected chi connectivity index (χ2v) is 8.63. The normalized spacial score (nSPS) is 29.6. The summed E-state index contributed by atoms with van der Waals surface area (Å²) in [5.41, 5.74) is 8.36. The molecule has 6 nitrogen and oxygen atoms in total. The predicted molar refractivity (Wildman–Crippen MR) is 111 cm³/mol. The van der Waals surface area contributed by atoms with E-state index >= 15 is 0 Å². The first kappa shape index (κ1) is 18.8. The maximum atomic E-state index is 13.8. The maximum absolute atomic E-state index is 13.8. The third-order valence-corrected chi connectivity index (χ3v) is 6.81. The molecule has 0 spiro atoms. The zero-order valence-corrected chi connectivity index (χ0v) is 16.5. The van der Waals surface area contributed by atoms with Crippen molar-refractivity contribution >= 4 is 22.5 Å². The van der Waals surface area contributed by atoms with Crippen LogP contribution >= 0.6 is 0 Å². The third-order valence-electron chi connectivity index (χ3n) is 6.81. The Bertz CT molecular complexity index is 906. The number of pyridine rings is 1. The number of nitrogens with one attached hydrogen (secondary N) is 3. The molecule has 7 heteroatoms. The highest BCUT2D eigenvalue weighted by Crippen LogP contribution is 2.31. The van der Waals surface area contributed by atoms with Gasteiger partial charge < -0.3 is 10.2 Å². The standard InChI is InChI=1S/C22H28FN5O/c23-16-6-7-18-17(11-16)20(8-9-24-18)28-10-2-4-15(13-28)22(29)26-19-5-1-3-14-12-25-27-21(14)19/h6-9,11,14-15,19,21,25,27H,1-5,10,12-13H2,(H,26,29). The quantitative estimate of drug-likeness (QED) is 0.742. The summed E-state index contributed by atoms with van der Waals surface area (Å²) in [6, 6.07) is 7.16. The Balaban J connectivity index is 1.31. The van der Waals surface area contributed by atoms with Gasteiger partial charge in [0.05, 0.1) is 11.4 Å². The molecule has 3 N–H and O–H groups in total. The van der Waals surface area contributed by atoms with Crippen molar-refractivity contribution in [3.8, 4) is 0 Å². The molecule has 3 fully saturated rings. The fourth-order valence-electron chi connectivity index (χ4n) is 5.30. The van der Waals surface area contributed by atoms with Crippen molar-refractivity contribution in [3.05, 3.63) is 36.3 Å². The van der Waals surface area contributed by atoms with Crippen molar-refractivity contribution in [2.45, 2.75) is 44.2 Å². The van der Waals surface area contributed by atoms with Gasteiger partial charge in [-0.05, 0) is 55.9 Å². The van der Waals surface area contributed by atoms with Gasteiger partial charge in [0, 0.05) is 49.0 Å². The van der Waals surface area contributed by atoms with Gasteiger partial charge in [-0.3, -0.25) is 20.6 Å². The zero-order valence-electron chi connectivity index (χ0n) is 16.5. The number of carbonyl (C=O) groups is 1. The SMILES string of the molecule is O=C(NC1CCCC2CNNC21)C1CCCN(c2ccnc3ccc(F)cc23)C1. The smallest absolute Gasteiger partial charge is 0.225 e. The highest BCUT2D eigenvalue weighted by molar-refractivity contribution is 5.92.